The van der Waals surface area contributed by atoms with Crippen molar-refractivity contribution in [2.24, 2.45) is 0 Å². The second-order valence-electron chi connectivity index (χ2n) is 4.36. The van der Waals surface area contributed by atoms with Crippen LogP contribution in [0.5, 0.6) is 17.2 Å². The molecule has 2 rings (SSSR count). The van der Waals surface area contributed by atoms with Gasteiger partial charge >= 0.3 is 6.18 Å². The first kappa shape index (κ1) is 15.9. The fourth-order valence-electron chi connectivity index (χ4n) is 1.82. The molecule has 0 bridgehead atoms. The molecule has 0 amide bonds. The Bertz CT molecular complexity index is 654. The molecular weight excluding hydrogens is 302 g/mol. The summed E-state index contributed by atoms with van der Waals surface area (Å²) in [6, 6.07) is 6.50. The Hall–Kier alpha value is -2.44. The molecule has 0 aliphatic carbocycles. The lowest BCUT2D eigenvalue weighted by Crippen LogP contribution is -2.04. The van der Waals surface area contributed by atoms with E-state index in [4.69, 9.17) is 9.47 Å². The van der Waals surface area contributed by atoms with Crippen LogP contribution in [0.1, 0.15) is 5.56 Å². The SMILES string of the molecule is CNc1cc(Oc2ccc(C(F)(F)F)cc2)c(F)cc1OC. The van der Waals surface area contributed by atoms with Gasteiger partial charge in [0, 0.05) is 19.2 Å². The number of rotatable bonds is 4. The maximum absolute atomic E-state index is 13.9. The van der Waals surface area contributed by atoms with E-state index in [2.05, 4.69) is 5.32 Å². The van der Waals surface area contributed by atoms with Crippen LogP contribution < -0.4 is 14.8 Å². The molecular formula is C15H13F4NO2. The lowest BCUT2D eigenvalue weighted by Gasteiger charge is -2.13. The Morgan fingerprint density at radius 3 is 2.14 bits per heavy atom. The van der Waals surface area contributed by atoms with Gasteiger partial charge in [-0.25, -0.2) is 4.39 Å². The van der Waals surface area contributed by atoms with Crippen molar-refractivity contribution in [3.05, 3.63) is 47.8 Å². The van der Waals surface area contributed by atoms with Crippen molar-refractivity contribution in [3.8, 4) is 17.2 Å². The summed E-state index contributed by atoms with van der Waals surface area (Å²) in [6.07, 6.45) is -4.43. The summed E-state index contributed by atoms with van der Waals surface area (Å²) < 4.78 is 61.6. The maximum Gasteiger partial charge on any atom is 0.416 e. The van der Waals surface area contributed by atoms with Crippen LogP contribution in [0.3, 0.4) is 0 Å². The minimum absolute atomic E-state index is 0.0964. The van der Waals surface area contributed by atoms with Crippen molar-refractivity contribution in [1.82, 2.24) is 0 Å². The largest absolute Gasteiger partial charge is 0.494 e. The topological polar surface area (TPSA) is 30.5 Å². The normalized spacial score (nSPS) is 11.2. The minimum Gasteiger partial charge on any atom is -0.494 e. The molecule has 0 unspecified atom stereocenters. The number of ether oxygens (including phenoxy) is 2. The molecule has 7 heteroatoms. The van der Waals surface area contributed by atoms with Crippen LogP contribution in [-0.2, 0) is 6.18 Å². The molecule has 1 N–H and O–H groups in total. The number of methoxy groups -OCH3 is 1. The second-order valence-corrected chi connectivity index (χ2v) is 4.36. The minimum atomic E-state index is -4.43. The Balaban J connectivity index is 2.27. The fraction of sp³-hybridized carbons (Fsp3) is 0.200. The number of halogens is 4. The highest BCUT2D eigenvalue weighted by Crippen LogP contribution is 2.35. The van der Waals surface area contributed by atoms with Gasteiger partial charge in [0.25, 0.3) is 0 Å². The van der Waals surface area contributed by atoms with Crippen LogP contribution in [0.15, 0.2) is 36.4 Å². The van der Waals surface area contributed by atoms with E-state index in [1.807, 2.05) is 0 Å². The molecule has 0 aliphatic rings. The number of anilines is 1. The lowest BCUT2D eigenvalue weighted by atomic mass is 10.2. The Morgan fingerprint density at radius 1 is 1.00 bits per heavy atom. The van der Waals surface area contributed by atoms with E-state index in [1.54, 1.807) is 7.05 Å². The quantitative estimate of drug-likeness (QED) is 0.831. The van der Waals surface area contributed by atoms with Crippen molar-refractivity contribution in [3.63, 3.8) is 0 Å². The van der Waals surface area contributed by atoms with Crippen LogP contribution in [0.4, 0.5) is 23.2 Å². The highest BCUT2D eigenvalue weighted by molar-refractivity contribution is 5.60. The first-order chi connectivity index (χ1) is 10.3. The van der Waals surface area contributed by atoms with E-state index < -0.39 is 17.6 Å². The standard InChI is InChI=1S/C15H13F4NO2/c1-20-12-8-13(11(16)7-14(12)21-2)22-10-5-3-9(4-6-10)15(17,18)19/h3-8,20H,1-2H3. The smallest absolute Gasteiger partial charge is 0.416 e. The summed E-state index contributed by atoms with van der Waals surface area (Å²) >= 11 is 0. The number of nitrogens with one attached hydrogen (secondary N) is 1. The molecule has 0 atom stereocenters. The number of hydrogen-bond donors (Lipinski definition) is 1. The zero-order valence-electron chi connectivity index (χ0n) is 11.8. The molecule has 2 aromatic rings. The number of benzene rings is 2. The van der Waals surface area contributed by atoms with Gasteiger partial charge in [-0.15, -0.1) is 0 Å². The molecule has 0 saturated carbocycles. The molecule has 0 heterocycles. The molecule has 0 aliphatic heterocycles. The highest BCUT2D eigenvalue weighted by Gasteiger charge is 2.30. The molecule has 0 saturated heterocycles. The third-order valence-corrected chi connectivity index (χ3v) is 2.93. The Labute approximate surface area is 124 Å². The van der Waals surface area contributed by atoms with Gasteiger partial charge in [-0.3, -0.25) is 0 Å². The lowest BCUT2D eigenvalue weighted by molar-refractivity contribution is -0.137. The molecule has 0 spiro atoms. The fourth-order valence-corrected chi connectivity index (χ4v) is 1.82. The Morgan fingerprint density at radius 2 is 1.64 bits per heavy atom. The van der Waals surface area contributed by atoms with Gasteiger partial charge in [0.2, 0.25) is 0 Å². The molecule has 0 aromatic heterocycles. The van der Waals surface area contributed by atoms with Crippen molar-refractivity contribution < 1.29 is 27.0 Å². The van der Waals surface area contributed by atoms with Gasteiger partial charge in [-0.2, -0.15) is 13.2 Å². The van der Waals surface area contributed by atoms with Gasteiger partial charge < -0.3 is 14.8 Å². The molecule has 3 nitrogen and oxygen atoms in total. The van der Waals surface area contributed by atoms with Crippen molar-refractivity contribution in [1.29, 1.82) is 0 Å². The zero-order chi connectivity index (χ0) is 16.3. The predicted molar refractivity (Wildman–Crippen MR) is 74.0 cm³/mol. The number of alkyl halides is 3. The monoisotopic (exact) mass is 315 g/mol. The van der Waals surface area contributed by atoms with Crippen molar-refractivity contribution >= 4 is 5.69 Å². The van der Waals surface area contributed by atoms with Gasteiger partial charge in [0.15, 0.2) is 11.6 Å². The van der Waals surface area contributed by atoms with E-state index in [0.717, 1.165) is 30.3 Å². The van der Waals surface area contributed by atoms with Crippen molar-refractivity contribution in [2.75, 3.05) is 19.5 Å². The molecule has 0 fully saturated rings. The first-order valence-electron chi connectivity index (χ1n) is 6.25. The predicted octanol–water partition coefficient (Wildman–Crippen LogP) is 4.69. The third kappa shape index (κ3) is 3.41. The average molecular weight is 315 g/mol. The van der Waals surface area contributed by atoms with E-state index in [-0.39, 0.29) is 11.5 Å². The summed E-state index contributed by atoms with van der Waals surface area (Å²) in [4.78, 5) is 0. The van der Waals surface area contributed by atoms with Gasteiger partial charge in [-0.1, -0.05) is 0 Å². The highest BCUT2D eigenvalue weighted by atomic mass is 19.4. The van der Waals surface area contributed by atoms with Gasteiger partial charge in [0.1, 0.15) is 11.5 Å². The van der Waals surface area contributed by atoms with Crippen LogP contribution in [0.2, 0.25) is 0 Å². The van der Waals surface area contributed by atoms with Crippen LogP contribution in [0.25, 0.3) is 0 Å². The number of hydrogen-bond acceptors (Lipinski definition) is 3. The Kier molecular flexibility index (Phi) is 4.44. The first-order valence-corrected chi connectivity index (χ1v) is 6.25. The van der Waals surface area contributed by atoms with Gasteiger partial charge in [0.05, 0.1) is 18.4 Å². The summed E-state index contributed by atoms with van der Waals surface area (Å²) in [5.41, 5.74) is -0.309. The van der Waals surface area contributed by atoms with Crippen molar-refractivity contribution in [2.45, 2.75) is 6.18 Å². The van der Waals surface area contributed by atoms with E-state index in [9.17, 15) is 17.6 Å². The summed E-state index contributed by atoms with van der Waals surface area (Å²) in [7, 11) is 3.02. The molecule has 118 valence electrons. The van der Waals surface area contributed by atoms with E-state index >= 15 is 0 Å². The second kappa shape index (κ2) is 6.13. The van der Waals surface area contributed by atoms with Crippen LogP contribution in [-0.4, -0.2) is 14.2 Å². The van der Waals surface area contributed by atoms with Gasteiger partial charge in [-0.05, 0) is 24.3 Å². The molecule has 0 radical (unpaired) electrons. The summed E-state index contributed by atoms with van der Waals surface area (Å²) in [5.74, 6) is -0.417. The third-order valence-electron chi connectivity index (χ3n) is 2.93. The van der Waals surface area contributed by atoms with Crippen LogP contribution >= 0.6 is 0 Å². The zero-order valence-corrected chi connectivity index (χ0v) is 11.8. The maximum atomic E-state index is 13.9. The van der Waals surface area contributed by atoms with E-state index in [1.165, 1.54) is 13.2 Å². The average Bonchev–Trinajstić information content (AvgIpc) is 2.48. The van der Waals surface area contributed by atoms with E-state index in [0.29, 0.717) is 11.4 Å². The molecule has 22 heavy (non-hydrogen) atoms. The summed E-state index contributed by atoms with van der Waals surface area (Å²) in [5, 5.41) is 2.81. The summed E-state index contributed by atoms with van der Waals surface area (Å²) in [6.45, 7) is 0. The molecule has 2 aromatic carbocycles. The van der Waals surface area contributed by atoms with Crippen LogP contribution in [0, 0.1) is 5.82 Å².